The fraction of sp³-hybridized carbons (Fsp3) is 0.429. The minimum absolute atomic E-state index is 0.0926. The molecule has 24 heavy (non-hydrogen) atoms. The number of methoxy groups -OCH3 is 1. The van der Waals surface area contributed by atoms with Gasteiger partial charge in [-0.2, -0.15) is 0 Å². The lowest BCUT2D eigenvalue weighted by Gasteiger charge is -2.37. The fourth-order valence-corrected chi connectivity index (χ4v) is 3.69. The van der Waals surface area contributed by atoms with Crippen LogP contribution in [-0.4, -0.2) is 13.7 Å². The molecule has 0 heterocycles. The van der Waals surface area contributed by atoms with Gasteiger partial charge in [0.25, 0.3) is 0 Å². The largest absolute Gasteiger partial charge is 0.493 e. The van der Waals surface area contributed by atoms with Crippen molar-refractivity contribution in [3.63, 3.8) is 0 Å². The van der Waals surface area contributed by atoms with Gasteiger partial charge in [0.1, 0.15) is 6.61 Å². The summed E-state index contributed by atoms with van der Waals surface area (Å²) in [4.78, 5) is 0. The highest BCUT2D eigenvalue weighted by molar-refractivity contribution is 5.45. The molecule has 0 aliphatic heterocycles. The summed E-state index contributed by atoms with van der Waals surface area (Å²) >= 11 is 0. The highest BCUT2D eigenvalue weighted by atomic mass is 16.5. The summed E-state index contributed by atoms with van der Waals surface area (Å²) < 4.78 is 11.6. The van der Waals surface area contributed by atoms with Crippen LogP contribution in [0, 0.1) is 0 Å². The highest BCUT2D eigenvalue weighted by Crippen LogP contribution is 2.41. The van der Waals surface area contributed by atoms with Crippen molar-refractivity contribution in [2.24, 2.45) is 5.73 Å². The molecule has 1 aliphatic rings. The van der Waals surface area contributed by atoms with Crippen molar-refractivity contribution < 1.29 is 9.47 Å². The summed E-state index contributed by atoms with van der Waals surface area (Å²) in [6.45, 7) is 1.23. The zero-order valence-corrected chi connectivity index (χ0v) is 14.5. The van der Waals surface area contributed by atoms with Crippen LogP contribution in [0.1, 0.15) is 43.2 Å². The Morgan fingerprint density at radius 2 is 1.71 bits per heavy atom. The van der Waals surface area contributed by atoms with Crippen LogP contribution < -0.4 is 15.2 Å². The molecular formula is C21H27NO2. The van der Waals surface area contributed by atoms with E-state index in [4.69, 9.17) is 15.2 Å². The molecule has 2 aromatic rings. The van der Waals surface area contributed by atoms with E-state index < -0.39 is 0 Å². The molecule has 0 unspecified atom stereocenters. The number of benzene rings is 2. The van der Waals surface area contributed by atoms with E-state index in [-0.39, 0.29) is 5.41 Å². The molecule has 2 aromatic carbocycles. The fourth-order valence-electron chi connectivity index (χ4n) is 3.69. The minimum Gasteiger partial charge on any atom is -0.493 e. The summed E-state index contributed by atoms with van der Waals surface area (Å²) in [5.74, 6) is 1.58. The average Bonchev–Trinajstić information content (AvgIpc) is 2.67. The number of hydrogen-bond acceptors (Lipinski definition) is 3. The van der Waals surface area contributed by atoms with E-state index >= 15 is 0 Å². The van der Waals surface area contributed by atoms with E-state index in [2.05, 4.69) is 24.3 Å². The molecule has 0 amide bonds. The average molecular weight is 325 g/mol. The van der Waals surface area contributed by atoms with Crippen LogP contribution in [0.4, 0.5) is 0 Å². The Balaban J connectivity index is 1.84. The van der Waals surface area contributed by atoms with Gasteiger partial charge in [-0.05, 0) is 36.1 Å². The zero-order chi connectivity index (χ0) is 16.8. The van der Waals surface area contributed by atoms with Gasteiger partial charge >= 0.3 is 0 Å². The molecule has 1 saturated carbocycles. The maximum absolute atomic E-state index is 6.18. The summed E-state index contributed by atoms with van der Waals surface area (Å²) in [5.41, 5.74) is 8.71. The van der Waals surface area contributed by atoms with Crippen molar-refractivity contribution >= 4 is 0 Å². The quantitative estimate of drug-likeness (QED) is 0.854. The summed E-state index contributed by atoms with van der Waals surface area (Å²) in [6, 6.07) is 16.5. The summed E-state index contributed by atoms with van der Waals surface area (Å²) in [6.07, 6.45) is 6.14. The molecule has 0 aromatic heterocycles. The van der Waals surface area contributed by atoms with Crippen molar-refractivity contribution in [3.8, 4) is 11.5 Å². The Kier molecular flexibility index (Phi) is 5.41. The Labute approximate surface area is 144 Å². The SMILES string of the molecule is COc1ccc(C2(CN)CCCCC2)cc1OCc1ccccc1. The molecule has 0 atom stereocenters. The van der Waals surface area contributed by atoms with Crippen molar-refractivity contribution in [1.29, 1.82) is 0 Å². The molecule has 0 saturated heterocycles. The second-order valence-electron chi connectivity index (χ2n) is 6.69. The van der Waals surface area contributed by atoms with Gasteiger partial charge in [-0.3, -0.25) is 0 Å². The molecule has 128 valence electrons. The number of rotatable bonds is 6. The lowest BCUT2D eigenvalue weighted by Crippen LogP contribution is -2.37. The molecule has 0 radical (unpaired) electrons. The number of nitrogens with two attached hydrogens (primary N) is 1. The Bertz CT molecular complexity index is 648. The van der Waals surface area contributed by atoms with Crippen molar-refractivity contribution in [2.75, 3.05) is 13.7 Å². The Morgan fingerprint density at radius 1 is 0.958 bits per heavy atom. The van der Waals surface area contributed by atoms with Crippen LogP contribution in [0.3, 0.4) is 0 Å². The van der Waals surface area contributed by atoms with Gasteiger partial charge in [0.15, 0.2) is 11.5 Å². The van der Waals surface area contributed by atoms with Gasteiger partial charge in [0.2, 0.25) is 0 Å². The smallest absolute Gasteiger partial charge is 0.161 e. The molecule has 3 rings (SSSR count). The molecule has 0 bridgehead atoms. The monoisotopic (exact) mass is 325 g/mol. The van der Waals surface area contributed by atoms with Crippen LogP contribution in [0.15, 0.2) is 48.5 Å². The zero-order valence-electron chi connectivity index (χ0n) is 14.5. The third-order valence-electron chi connectivity index (χ3n) is 5.21. The van der Waals surface area contributed by atoms with Gasteiger partial charge in [0.05, 0.1) is 7.11 Å². The van der Waals surface area contributed by atoms with E-state index in [1.165, 1.54) is 24.8 Å². The third-order valence-corrected chi connectivity index (χ3v) is 5.21. The van der Waals surface area contributed by atoms with Gasteiger partial charge in [-0.15, -0.1) is 0 Å². The molecule has 2 N–H and O–H groups in total. The van der Waals surface area contributed by atoms with Crippen molar-refractivity contribution in [3.05, 3.63) is 59.7 Å². The molecule has 1 fully saturated rings. The molecule has 3 heteroatoms. The normalized spacial score (nSPS) is 16.6. The first-order chi connectivity index (χ1) is 11.8. The van der Waals surface area contributed by atoms with E-state index in [1.807, 2.05) is 24.3 Å². The topological polar surface area (TPSA) is 44.5 Å². The number of hydrogen-bond donors (Lipinski definition) is 1. The first kappa shape index (κ1) is 16.8. The van der Waals surface area contributed by atoms with E-state index in [9.17, 15) is 0 Å². The van der Waals surface area contributed by atoms with Crippen LogP contribution in [-0.2, 0) is 12.0 Å². The van der Waals surface area contributed by atoms with E-state index in [0.717, 1.165) is 29.9 Å². The molecule has 3 nitrogen and oxygen atoms in total. The minimum atomic E-state index is 0.0926. The third kappa shape index (κ3) is 3.57. The van der Waals surface area contributed by atoms with Crippen LogP contribution in [0.2, 0.25) is 0 Å². The van der Waals surface area contributed by atoms with Crippen LogP contribution in [0.25, 0.3) is 0 Å². The highest BCUT2D eigenvalue weighted by Gasteiger charge is 2.33. The first-order valence-electron chi connectivity index (χ1n) is 8.83. The lowest BCUT2D eigenvalue weighted by molar-refractivity contribution is 0.277. The maximum Gasteiger partial charge on any atom is 0.161 e. The van der Waals surface area contributed by atoms with E-state index in [1.54, 1.807) is 7.11 Å². The Hall–Kier alpha value is -2.00. The molecule has 1 aliphatic carbocycles. The predicted octanol–water partition coefficient (Wildman–Crippen LogP) is 4.43. The Morgan fingerprint density at radius 3 is 2.38 bits per heavy atom. The van der Waals surface area contributed by atoms with Gasteiger partial charge < -0.3 is 15.2 Å². The number of ether oxygens (including phenoxy) is 2. The standard InChI is InChI=1S/C21H27NO2/c1-23-19-11-10-18(21(16-22)12-6-3-7-13-21)14-20(19)24-15-17-8-4-2-5-9-17/h2,4-5,8-11,14H,3,6-7,12-13,15-16,22H2,1H3. The second kappa shape index (κ2) is 7.71. The molecule has 0 spiro atoms. The lowest BCUT2D eigenvalue weighted by atomic mass is 9.69. The van der Waals surface area contributed by atoms with Crippen LogP contribution in [0.5, 0.6) is 11.5 Å². The maximum atomic E-state index is 6.18. The second-order valence-corrected chi connectivity index (χ2v) is 6.69. The summed E-state index contributed by atoms with van der Waals surface area (Å²) in [7, 11) is 1.68. The van der Waals surface area contributed by atoms with Crippen molar-refractivity contribution in [1.82, 2.24) is 0 Å². The van der Waals surface area contributed by atoms with E-state index in [0.29, 0.717) is 13.2 Å². The van der Waals surface area contributed by atoms with Gasteiger partial charge in [-0.25, -0.2) is 0 Å². The van der Waals surface area contributed by atoms with Gasteiger partial charge in [0, 0.05) is 12.0 Å². The summed E-state index contributed by atoms with van der Waals surface area (Å²) in [5, 5.41) is 0. The predicted molar refractivity (Wildman–Crippen MR) is 97.6 cm³/mol. The molecular weight excluding hydrogens is 298 g/mol. The van der Waals surface area contributed by atoms with Crippen molar-refractivity contribution in [2.45, 2.75) is 44.1 Å². The first-order valence-corrected chi connectivity index (χ1v) is 8.83. The van der Waals surface area contributed by atoms with Gasteiger partial charge in [-0.1, -0.05) is 55.7 Å². The van der Waals surface area contributed by atoms with Crippen LogP contribution >= 0.6 is 0 Å².